The maximum Gasteiger partial charge on any atom is 0.167 e. The maximum atomic E-state index is 6.96. The van der Waals surface area contributed by atoms with Gasteiger partial charge in [0.05, 0.1) is 5.56 Å². The van der Waals surface area contributed by atoms with E-state index in [1.54, 1.807) is 0 Å². The summed E-state index contributed by atoms with van der Waals surface area (Å²) in [5, 5.41) is 4.60. The summed E-state index contributed by atoms with van der Waals surface area (Å²) in [6, 6.07) is 65.6. The highest BCUT2D eigenvalue weighted by atomic mass is 32.1. The molecule has 0 aliphatic heterocycles. The first-order valence-corrected chi connectivity index (χ1v) is 19.5. The molecular weight excluding hydrogens is 703 g/mol. The minimum atomic E-state index is 0.562. The Morgan fingerprint density at radius 3 is 1.52 bits per heavy atom. The summed E-state index contributed by atoms with van der Waals surface area (Å²) in [7, 11) is 0. The number of furan rings is 1. The van der Waals surface area contributed by atoms with Crippen molar-refractivity contribution in [1.82, 2.24) is 15.0 Å². The lowest BCUT2D eigenvalue weighted by atomic mass is 9.97. The number of nitrogens with zero attached hydrogens (tertiary/aromatic N) is 3. The predicted molar refractivity (Wildman–Crippen MR) is 233 cm³/mol. The molecule has 0 atom stereocenters. The first-order chi connectivity index (χ1) is 27.7. The van der Waals surface area contributed by atoms with Crippen molar-refractivity contribution in [3.05, 3.63) is 188 Å². The number of rotatable bonds is 6. The van der Waals surface area contributed by atoms with E-state index in [1.165, 1.54) is 31.3 Å². The van der Waals surface area contributed by atoms with E-state index >= 15 is 0 Å². The van der Waals surface area contributed by atoms with Crippen molar-refractivity contribution in [1.29, 1.82) is 0 Å². The summed E-state index contributed by atoms with van der Waals surface area (Å²) in [5.41, 5.74) is 11.2. The number of hydrogen-bond donors (Lipinski definition) is 0. The highest BCUT2D eigenvalue weighted by Crippen LogP contribution is 2.44. The zero-order chi connectivity index (χ0) is 37.0. The van der Waals surface area contributed by atoms with Gasteiger partial charge in [-0.1, -0.05) is 164 Å². The van der Waals surface area contributed by atoms with E-state index in [0.717, 1.165) is 60.9 Å². The monoisotopic (exact) mass is 733 g/mol. The van der Waals surface area contributed by atoms with Crippen molar-refractivity contribution in [2.24, 2.45) is 0 Å². The van der Waals surface area contributed by atoms with E-state index < -0.39 is 0 Å². The van der Waals surface area contributed by atoms with Gasteiger partial charge < -0.3 is 4.42 Å². The van der Waals surface area contributed by atoms with Gasteiger partial charge in [-0.05, 0) is 52.1 Å². The first kappa shape index (κ1) is 32.2. The second-order valence-electron chi connectivity index (χ2n) is 13.9. The second-order valence-corrected chi connectivity index (χ2v) is 15.0. The highest BCUT2D eigenvalue weighted by molar-refractivity contribution is 7.26. The van der Waals surface area contributed by atoms with Crippen molar-refractivity contribution < 1.29 is 4.42 Å². The minimum absolute atomic E-state index is 0.562. The standard InChI is InChI=1S/C51H31N3OS/c1-4-13-32(14-5-1)33-25-27-36(28-26-33)50-52-49(35-17-8-3-9-18-35)53-51(54-50)42-23-11-22-41-40-21-10-20-39(47(40)55-48(41)42)37-29-30-44-43(31-37)46-38(19-12-24-45(46)56-44)34-15-6-2-7-16-34/h1-31H. The summed E-state index contributed by atoms with van der Waals surface area (Å²) in [6.45, 7) is 0. The molecule has 3 aromatic heterocycles. The molecule has 3 heterocycles. The molecule has 0 saturated carbocycles. The molecule has 0 radical (unpaired) electrons. The quantitative estimate of drug-likeness (QED) is 0.171. The largest absolute Gasteiger partial charge is 0.455 e. The number of benzene rings is 8. The Bertz CT molecular complexity index is 3230. The van der Waals surface area contributed by atoms with Crippen molar-refractivity contribution in [2.45, 2.75) is 0 Å². The molecule has 11 aromatic rings. The van der Waals surface area contributed by atoms with Gasteiger partial charge in [-0.25, -0.2) is 15.0 Å². The van der Waals surface area contributed by atoms with Gasteiger partial charge in [-0.2, -0.15) is 0 Å². The first-order valence-electron chi connectivity index (χ1n) is 18.7. The van der Waals surface area contributed by atoms with E-state index in [-0.39, 0.29) is 0 Å². The Morgan fingerprint density at radius 2 is 0.821 bits per heavy atom. The van der Waals surface area contributed by atoms with Crippen LogP contribution in [0.2, 0.25) is 0 Å². The molecule has 0 unspecified atom stereocenters. The second kappa shape index (κ2) is 13.3. The van der Waals surface area contributed by atoms with E-state index in [1.807, 2.05) is 53.8 Å². The van der Waals surface area contributed by atoms with Crippen molar-refractivity contribution >= 4 is 53.4 Å². The van der Waals surface area contributed by atoms with Crippen LogP contribution in [-0.4, -0.2) is 15.0 Å². The van der Waals surface area contributed by atoms with E-state index in [9.17, 15) is 0 Å². The molecule has 0 spiro atoms. The molecule has 262 valence electrons. The molecular formula is C51H31N3OS. The van der Waals surface area contributed by atoms with Crippen LogP contribution in [-0.2, 0) is 0 Å². The van der Waals surface area contributed by atoms with Gasteiger partial charge in [0, 0.05) is 47.6 Å². The van der Waals surface area contributed by atoms with Crippen molar-refractivity contribution in [2.75, 3.05) is 0 Å². The Balaban J connectivity index is 1.07. The average Bonchev–Trinajstić information content (AvgIpc) is 3.86. The molecule has 0 amide bonds. The van der Waals surface area contributed by atoms with Gasteiger partial charge in [0.1, 0.15) is 11.2 Å². The van der Waals surface area contributed by atoms with Crippen LogP contribution < -0.4 is 0 Å². The molecule has 0 saturated heterocycles. The van der Waals surface area contributed by atoms with Crippen LogP contribution in [0.15, 0.2) is 192 Å². The number of fused-ring (bicyclic) bond motifs is 6. The van der Waals surface area contributed by atoms with Crippen molar-refractivity contribution in [3.8, 4) is 67.5 Å². The number of hydrogen-bond acceptors (Lipinski definition) is 5. The highest BCUT2D eigenvalue weighted by Gasteiger charge is 2.20. The Hall–Kier alpha value is -7.21. The topological polar surface area (TPSA) is 51.8 Å². The summed E-state index contributed by atoms with van der Waals surface area (Å²) >= 11 is 1.84. The van der Waals surface area contributed by atoms with Crippen LogP contribution in [0.5, 0.6) is 0 Å². The van der Waals surface area contributed by atoms with E-state index in [2.05, 4.69) is 146 Å². The summed E-state index contributed by atoms with van der Waals surface area (Å²) in [5.74, 6) is 1.78. The Labute approximate surface area is 327 Å². The lowest BCUT2D eigenvalue weighted by Crippen LogP contribution is -2.00. The van der Waals surface area contributed by atoms with Gasteiger partial charge in [0.15, 0.2) is 17.5 Å². The molecule has 0 aliphatic rings. The Kier molecular flexibility index (Phi) is 7.64. The fourth-order valence-electron chi connectivity index (χ4n) is 7.86. The zero-order valence-electron chi connectivity index (χ0n) is 30.1. The van der Waals surface area contributed by atoms with Gasteiger partial charge in [0.25, 0.3) is 0 Å². The third-order valence-electron chi connectivity index (χ3n) is 10.6. The number of thiophene rings is 1. The summed E-state index contributed by atoms with van der Waals surface area (Å²) in [6.07, 6.45) is 0. The van der Waals surface area contributed by atoms with Crippen LogP contribution in [0, 0.1) is 0 Å². The summed E-state index contributed by atoms with van der Waals surface area (Å²) in [4.78, 5) is 15.2. The lowest BCUT2D eigenvalue weighted by molar-refractivity contribution is 0.670. The lowest BCUT2D eigenvalue weighted by Gasteiger charge is -2.09. The third kappa shape index (κ3) is 5.48. The van der Waals surface area contributed by atoms with Crippen molar-refractivity contribution in [3.63, 3.8) is 0 Å². The van der Waals surface area contributed by atoms with Gasteiger partial charge in [-0.15, -0.1) is 11.3 Å². The molecule has 56 heavy (non-hydrogen) atoms. The normalized spacial score (nSPS) is 11.6. The average molecular weight is 734 g/mol. The van der Waals surface area contributed by atoms with Gasteiger partial charge in [-0.3, -0.25) is 0 Å². The SMILES string of the molecule is c1ccc(-c2ccc(-c3nc(-c4ccccc4)nc(-c4cccc5c4oc4c(-c6ccc7sc8cccc(-c9ccccc9)c8c7c6)cccc45)n3)cc2)cc1. The number of aromatic nitrogens is 3. The van der Waals surface area contributed by atoms with Gasteiger partial charge >= 0.3 is 0 Å². The van der Waals surface area contributed by atoms with Crippen LogP contribution in [0.1, 0.15) is 0 Å². The van der Waals surface area contributed by atoms with E-state index in [4.69, 9.17) is 19.4 Å². The molecule has 0 aliphatic carbocycles. The molecule has 0 bridgehead atoms. The minimum Gasteiger partial charge on any atom is -0.455 e. The molecule has 4 nitrogen and oxygen atoms in total. The Morgan fingerprint density at radius 1 is 0.321 bits per heavy atom. The zero-order valence-corrected chi connectivity index (χ0v) is 30.9. The smallest absolute Gasteiger partial charge is 0.167 e. The molecule has 5 heteroatoms. The van der Waals surface area contributed by atoms with Crippen LogP contribution in [0.25, 0.3) is 110 Å². The summed E-state index contributed by atoms with van der Waals surface area (Å²) < 4.78 is 9.50. The molecule has 8 aromatic carbocycles. The fourth-order valence-corrected chi connectivity index (χ4v) is 8.97. The molecule has 0 fully saturated rings. The molecule has 0 N–H and O–H groups in total. The maximum absolute atomic E-state index is 6.96. The van der Waals surface area contributed by atoms with Crippen LogP contribution in [0.3, 0.4) is 0 Å². The van der Waals surface area contributed by atoms with E-state index in [0.29, 0.717) is 17.5 Å². The fraction of sp³-hybridized carbons (Fsp3) is 0. The third-order valence-corrected chi connectivity index (χ3v) is 11.7. The molecule has 11 rings (SSSR count). The van der Waals surface area contributed by atoms with Crippen LogP contribution in [0.4, 0.5) is 0 Å². The number of para-hydroxylation sites is 2. The van der Waals surface area contributed by atoms with Gasteiger partial charge in [0.2, 0.25) is 0 Å². The predicted octanol–water partition coefficient (Wildman–Crippen LogP) is 14.1. The van der Waals surface area contributed by atoms with Crippen LogP contribution >= 0.6 is 11.3 Å².